The highest BCUT2D eigenvalue weighted by Crippen LogP contribution is 2.06. The summed E-state index contributed by atoms with van der Waals surface area (Å²) in [5.41, 5.74) is 0.0986. The number of aromatic nitrogens is 4. The van der Waals surface area contributed by atoms with Crippen molar-refractivity contribution in [2.75, 3.05) is 13.2 Å². The highest BCUT2D eigenvalue weighted by atomic mass is 16.6. The van der Waals surface area contributed by atoms with Crippen LogP contribution in [0, 0.1) is 0 Å². The molecule has 11 heteroatoms. The fourth-order valence-corrected chi connectivity index (χ4v) is 2.12. The SMILES string of the molecule is CCOC(=O)C(=NOCc1ccccc1)c1nnn(CCNC(=O)OC(C)(C)C)n1. The number of carbonyl (C=O) groups excluding carboxylic acids is 2. The van der Waals surface area contributed by atoms with E-state index in [1.54, 1.807) is 27.7 Å². The zero-order chi connectivity index (χ0) is 22.0. The molecular formula is C19H26N6O5. The molecule has 30 heavy (non-hydrogen) atoms. The van der Waals surface area contributed by atoms with E-state index in [-0.39, 0.29) is 37.8 Å². The summed E-state index contributed by atoms with van der Waals surface area (Å²) < 4.78 is 10.1. The highest BCUT2D eigenvalue weighted by Gasteiger charge is 2.22. The van der Waals surface area contributed by atoms with Gasteiger partial charge in [0, 0.05) is 6.54 Å². The van der Waals surface area contributed by atoms with Gasteiger partial charge < -0.3 is 19.6 Å². The van der Waals surface area contributed by atoms with Crippen LogP contribution >= 0.6 is 0 Å². The molecule has 0 unspecified atom stereocenters. The van der Waals surface area contributed by atoms with Crippen LogP contribution in [0.1, 0.15) is 39.1 Å². The van der Waals surface area contributed by atoms with Gasteiger partial charge in [-0.2, -0.15) is 4.80 Å². The Morgan fingerprint density at radius 3 is 2.60 bits per heavy atom. The molecule has 1 N–H and O–H groups in total. The third-order valence-corrected chi connectivity index (χ3v) is 3.34. The maximum Gasteiger partial charge on any atom is 0.407 e. The number of benzene rings is 1. The van der Waals surface area contributed by atoms with Crippen molar-refractivity contribution in [1.82, 2.24) is 25.5 Å². The lowest BCUT2D eigenvalue weighted by molar-refractivity contribution is -0.135. The standard InChI is InChI=1S/C19H26N6O5/c1-5-28-17(26)15(23-29-13-14-9-7-6-8-10-14)16-21-24-25(22-16)12-11-20-18(27)30-19(2,3)4/h6-10H,5,11-13H2,1-4H3,(H,20,27). The molecule has 2 rings (SSSR count). The number of esters is 1. The second-order valence-electron chi connectivity index (χ2n) is 7.06. The average Bonchev–Trinajstić information content (AvgIpc) is 3.13. The molecule has 0 spiro atoms. The summed E-state index contributed by atoms with van der Waals surface area (Å²) in [5.74, 6) is -0.768. The van der Waals surface area contributed by atoms with Gasteiger partial charge in [-0.3, -0.25) is 0 Å². The maximum absolute atomic E-state index is 12.2. The minimum atomic E-state index is -0.725. The smallest absolute Gasteiger partial charge is 0.407 e. The second-order valence-corrected chi connectivity index (χ2v) is 7.06. The Bertz CT molecular complexity index is 860. The number of tetrazole rings is 1. The number of alkyl carbamates (subject to hydrolysis) is 1. The first-order valence-electron chi connectivity index (χ1n) is 9.44. The second kappa shape index (κ2) is 10.9. The van der Waals surface area contributed by atoms with Crippen molar-refractivity contribution in [1.29, 1.82) is 0 Å². The molecule has 0 fully saturated rings. The molecule has 0 aliphatic carbocycles. The van der Waals surface area contributed by atoms with Crippen LogP contribution < -0.4 is 5.32 Å². The number of nitrogens with zero attached hydrogens (tertiary/aromatic N) is 5. The van der Waals surface area contributed by atoms with Crippen LogP contribution in [0.15, 0.2) is 35.5 Å². The first-order valence-corrected chi connectivity index (χ1v) is 9.44. The van der Waals surface area contributed by atoms with E-state index in [2.05, 4.69) is 25.9 Å². The summed E-state index contributed by atoms with van der Waals surface area (Å²) in [6.07, 6.45) is -0.550. The summed E-state index contributed by atoms with van der Waals surface area (Å²) in [5, 5.41) is 18.2. The average molecular weight is 418 g/mol. The minimum absolute atomic E-state index is 0.0428. The lowest BCUT2D eigenvalue weighted by Gasteiger charge is -2.19. The molecule has 0 aliphatic rings. The lowest BCUT2D eigenvalue weighted by atomic mass is 10.2. The van der Waals surface area contributed by atoms with E-state index < -0.39 is 17.7 Å². The fraction of sp³-hybridized carbons (Fsp3) is 0.474. The molecule has 1 aromatic carbocycles. The van der Waals surface area contributed by atoms with Crippen molar-refractivity contribution in [2.24, 2.45) is 5.16 Å². The van der Waals surface area contributed by atoms with E-state index in [9.17, 15) is 9.59 Å². The van der Waals surface area contributed by atoms with Crippen LogP contribution in [0.5, 0.6) is 0 Å². The lowest BCUT2D eigenvalue weighted by Crippen LogP contribution is -2.34. The molecule has 1 aromatic heterocycles. The Morgan fingerprint density at radius 2 is 1.93 bits per heavy atom. The summed E-state index contributed by atoms with van der Waals surface area (Å²) in [6.45, 7) is 7.74. The van der Waals surface area contributed by atoms with Crippen molar-refractivity contribution in [3.63, 3.8) is 0 Å². The zero-order valence-electron chi connectivity index (χ0n) is 17.5. The Kier molecular flexibility index (Phi) is 8.27. The topological polar surface area (TPSA) is 130 Å². The van der Waals surface area contributed by atoms with Gasteiger partial charge in [0.25, 0.3) is 0 Å². The highest BCUT2D eigenvalue weighted by molar-refractivity contribution is 6.42. The molecule has 162 valence electrons. The first kappa shape index (κ1) is 22.8. The molecule has 0 aliphatic heterocycles. The number of nitrogens with one attached hydrogen (secondary N) is 1. The molecule has 1 heterocycles. The van der Waals surface area contributed by atoms with Crippen LogP contribution in [0.4, 0.5) is 4.79 Å². The largest absolute Gasteiger partial charge is 0.461 e. The Balaban J connectivity index is 1.98. The molecular weight excluding hydrogens is 392 g/mol. The van der Waals surface area contributed by atoms with Gasteiger partial charge in [0.15, 0.2) is 0 Å². The van der Waals surface area contributed by atoms with Gasteiger partial charge in [-0.25, -0.2) is 9.59 Å². The van der Waals surface area contributed by atoms with Crippen molar-refractivity contribution in [3.05, 3.63) is 41.7 Å². The third-order valence-electron chi connectivity index (χ3n) is 3.34. The van der Waals surface area contributed by atoms with Crippen molar-refractivity contribution in [3.8, 4) is 0 Å². The minimum Gasteiger partial charge on any atom is -0.461 e. The van der Waals surface area contributed by atoms with Crippen LogP contribution in [0.2, 0.25) is 0 Å². The summed E-state index contributed by atoms with van der Waals surface area (Å²) in [4.78, 5) is 30.4. The van der Waals surface area contributed by atoms with Crippen molar-refractivity contribution >= 4 is 17.8 Å². The molecule has 11 nitrogen and oxygen atoms in total. The number of amides is 1. The summed E-state index contributed by atoms with van der Waals surface area (Å²) in [6, 6.07) is 9.36. The molecule has 0 saturated carbocycles. The normalized spacial score (nSPS) is 11.7. The van der Waals surface area contributed by atoms with Gasteiger partial charge in [0.2, 0.25) is 11.5 Å². The predicted octanol–water partition coefficient (Wildman–Crippen LogP) is 1.68. The Hall–Kier alpha value is -3.50. The number of hydrogen-bond acceptors (Lipinski definition) is 9. The van der Waals surface area contributed by atoms with E-state index in [0.717, 1.165) is 5.56 Å². The van der Waals surface area contributed by atoms with E-state index in [0.29, 0.717) is 0 Å². The Labute approximate surface area is 174 Å². The van der Waals surface area contributed by atoms with E-state index in [1.165, 1.54) is 4.80 Å². The zero-order valence-corrected chi connectivity index (χ0v) is 17.5. The molecule has 0 saturated heterocycles. The van der Waals surface area contributed by atoms with E-state index >= 15 is 0 Å². The Morgan fingerprint density at radius 1 is 1.20 bits per heavy atom. The van der Waals surface area contributed by atoms with Gasteiger partial charge in [0.05, 0.1) is 13.2 Å². The number of ether oxygens (including phenoxy) is 2. The monoisotopic (exact) mass is 418 g/mol. The van der Waals surface area contributed by atoms with Crippen molar-refractivity contribution in [2.45, 2.75) is 46.4 Å². The van der Waals surface area contributed by atoms with Gasteiger partial charge >= 0.3 is 12.1 Å². The summed E-state index contributed by atoms with van der Waals surface area (Å²) >= 11 is 0. The molecule has 0 bridgehead atoms. The number of oxime groups is 1. The molecule has 1 amide bonds. The number of rotatable bonds is 9. The van der Waals surface area contributed by atoms with Crippen LogP contribution in [0.25, 0.3) is 0 Å². The summed E-state index contributed by atoms with van der Waals surface area (Å²) in [7, 11) is 0. The maximum atomic E-state index is 12.2. The molecule has 2 aromatic rings. The molecule has 0 radical (unpaired) electrons. The fourth-order valence-electron chi connectivity index (χ4n) is 2.12. The van der Waals surface area contributed by atoms with Gasteiger partial charge in [-0.1, -0.05) is 35.5 Å². The molecule has 0 atom stereocenters. The third kappa shape index (κ3) is 7.86. The van der Waals surface area contributed by atoms with Crippen LogP contribution in [0.3, 0.4) is 0 Å². The van der Waals surface area contributed by atoms with Crippen LogP contribution in [-0.4, -0.2) is 56.7 Å². The number of carbonyl (C=O) groups is 2. The van der Waals surface area contributed by atoms with Gasteiger partial charge in [-0.15, -0.1) is 10.2 Å². The predicted molar refractivity (Wildman–Crippen MR) is 106 cm³/mol. The van der Waals surface area contributed by atoms with Gasteiger partial charge in [-0.05, 0) is 38.5 Å². The number of hydrogen-bond donors (Lipinski definition) is 1. The van der Waals surface area contributed by atoms with Crippen molar-refractivity contribution < 1.29 is 23.9 Å². The quantitative estimate of drug-likeness (QED) is 0.370. The van der Waals surface area contributed by atoms with E-state index in [4.69, 9.17) is 14.3 Å². The van der Waals surface area contributed by atoms with Crippen LogP contribution in [-0.2, 0) is 32.3 Å². The van der Waals surface area contributed by atoms with Gasteiger partial charge in [0.1, 0.15) is 12.2 Å². The first-order chi connectivity index (χ1) is 14.3. The van der Waals surface area contributed by atoms with E-state index in [1.807, 2.05) is 30.3 Å².